The fraction of sp³-hybridized carbons (Fsp3) is 0.375. The number of hydrogen-bond donors (Lipinski definition) is 3. The van der Waals surface area contributed by atoms with Crippen LogP contribution in [0.2, 0.25) is 0 Å². The van der Waals surface area contributed by atoms with Crippen LogP contribution >= 0.6 is 0 Å². The monoisotopic (exact) mass is 286 g/mol. The maximum Gasteiger partial charge on any atom is 0.307 e. The third-order valence-electron chi connectivity index (χ3n) is 4.04. The van der Waals surface area contributed by atoms with E-state index in [4.69, 9.17) is 5.11 Å². The van der Waals surface area contributed by atoms with Crippen molar-refractivity contribution in [1.29, 1.82) is 0 Å². The van der Waals surface area contributed by atoms with Gasteiger partial charge in [-0.1, -0.05) is 18.2 Å². The smallest absolute Gasteiger partial charge is 0.307 e. The molecule has 110 valence electrons. The number of aryl methyl sites for hydroxylation is 1. The molecule has 1 heterocycles. The van der Waals surface area contributed by atoms with E-state index in [9.17, 15) is 9.59 Å². The largest absolute Gasteiger partial charge is 0.481 e. The number of rotatable bonds is 6. The minimum absolute atomic E-state index is 0.124. The van der Waals surface area contributed by atoms with Gasteiger partial charge in [0.15, 0.2) is 0 Å². The van der Waals surface area contributed by atoms with Gasteiger partial charge < -0.3 is 15.4 Å². The van der Waals surface area contributed by atoms with Crippen LogP contribution in [0.5, 0.6) is 0 Å². The van der Waals surface area contributed by atoms with Gasteiger partial charge in [-0.2, -0.15) is 0 Å². The number of fused-ring (bicyclic) bond motifs is 1. The summed E-state index contributed by atoms with van der Waals surface area (Å²) in [4.78, 5) is 25.6. The van der Waals surface area contributed by atoms with Gasteiger partial charge in [-0.05, 0) is 30.9 Å². The molecule has 1 aromatic carbocycles. The summed E-state index contributed by atoms with van der Waals surface area (Å²) in [7, 11) is 0. The lowest BCUT2D eigenvalue weighted by Crippen LogP contribution is -2.27. The number of carboxylic acids is 1. The molecule has 0 unspecified atom stereocenters. The standard InChI is InChI=1S/C16H18N2O3/c19-15(12-8-13(12)16(20)21)17-7-3-4-10-9-18-14-6-2-1-5-11(10)14/h1-2,5-6,9,12-13,18H,3-4,7-8H2,(H,17,19)(H,20,21)/t12-,13-/m0/s1. The Morgan fingerprint density at radius 1 is 1.29 bits per heavy atom. The quantitative estimate of drug-likeness (QED) is 0.710. The first-order valence-corrected chi connectivity index (χ1v) is 7.22. The lowest BCUT2D eigenvalue weighted by molar-refractivity contribution is -0.140. The molecule has 1 aliphatic carbocycles. The van der Waals surface area contributed by atoms with Gasteiger partial charge in [0.25, 0.3) is 0 Å². The molecule has 0 aliphatic heterocycles. The number of para-hydroxylation sites is 1. The van der Waals surface area contributed by atoms with E-state index in [0.29, 0.717) is 13.0 Å². The summed E-state index contributed by atoms with van der Waals surface area (Å²) < 4.78 is 0. The van der Waals surface area contributed by atoms with Crippen LogP contribution in [-0.4, -0.2) is 28.5 Å². The average molecular weight is 286 g/mol. The minimum atomic E-state index is -0.867. The molecule has 2 atom stereocenters. The summed E-state index contributed by atoms with van der Waals surface area (Å²) in [6.45, 7) is 0.585. The van der Waals surface area contributed by atoms with Gasteiger partial charge in [-0.25, -0.2) is 0 Å². The van der Waals surface area contributed by atoms with Crippen molar-refractivity contribution in [3.8, 4) is 0 Å². The number of benzene rings is 1. The number of carboxylic acid groups (broad SMARTS) is 1. The van der Waals surface area contributed by atoms with Crippen LogP contribution in [0, 0.1) is 11.8 Å². The highest BCUT2D eigenvalue weighted by Crippen LogP contribution is 2.38. The molecule has 5 nitrogen and oxygen atoms in total. The highest BCUT2D eigenvalue weighted by molar-refractivity contribution is 5.89. The molecule has 1 aromatic heterocycles. The fourth-order valence-corrected chi connectivity index (χ4v) is 2.72. The van der Waals surface area contributed by atoms with Crippen LogP contribution in [-0.2, 0) is 16.0 Å². The van der Waals surface area contributed by atoms with E-state index in [1.54, 1.807) is 0 Å². The van der Waals surface area contributed by atoms with Gasteiger partial charge in [-0.15, -0.1) is 0 Å². The molecule has 1 fully saturated rings. The second-order valence-corrected chi connectivity index (χ2v) is 5.54. The van der Waals surface area contributed by atoms with Crippen molar-refractivity contribution in [2.75, 3.05) is 6.54 Å². The Hall–Kier alpha value is -2.30. The Morgan fingerprint density at radius 2 is 2.10 bits per heavy atom. The van der Waals surface area contributed by atoms with Crippen LogP contribution in [0.1, 0.15) is 18.4 Å². The molecule has 0 radical (unpaired) electrons. The summed E-state index contributed by atoms with van der Waals surface area (Å²) in [6, 6.07) is 8.14. The predicted octanol–water partition coefficient (Wildman–Crippen LogP) is 1.94. The molecule has 5 heteroatoms. The topological polar surface area (TPSA) is 82.2 Å². The van der Waals surface area contributed by atoms with E-state index in [2.05, 4.69) is 16.4 Å². The van der Waals surface area contributed by atoms with Crippen molar-refractivity contribution >= 4 is 22.8 Å². The van der Waals surface area contributed by atoms with Crippen LogP contribution in [0.15, 0.2) is 30.5 Å². The zero-order valence-electron chi connectivity index (χ0n) is 11.6. The number of carbonyl (C=O) groups excluding carboxylic acids is 1. The normalized spacial score (nSPS) is 20.4. The lowest BCUT2D eigenvalue weighted by atomic mass is 10.1. The number of amides is 1. The molecule has 0 spiro atoms. The number of hydrogen-bond acceptors (Lipinski definition) is 2. The van der Waals surface area contributed by atoms with Crippen molar-refractivity contribution in [1.82, 2.24) is 10.3 Å². The fourth-order valence-electron chi connectivity index (χ4n) is 2.72. The zero-order valence-corrected chi connectivity index (χ0v) is 11.6. The SMILES string of the molecule is O=C(O)[C@H]1C[C@@H]1C(=O)NCCCc1c[nH]c2ccccc12. The van der Waals surface area contributed by atoms with Crippen LogP contribution < -0.4 is 5.32 Å². The minimum Gasteiger partial charge on any atom is -0.481 e. The summed E-state index contributed by atoms with van der Waals surface area (Å²) in [5, 5.41) is 12.8. The zero-order chi connectivity index (χ0) is 14.8. The van der Waals surface area contributed by atoms with Crippen LogP contribution in [0.3, 0.4) is 0 Å². The highest BCUT2D eigenvalue weighted by Gasteiger charge is 2.48. The molecule has 3 rings (SSSR count). The first-order valence-electron chi connectivity index (χ1n) is 7.22. The molecule has 1 aliphatic rings. The first kappa shape index (κ1) is 13.7. The molecular formula is C16H18N2O3. The van der Waals surface area contributed by atoms with Gasteiger partial charge in [0.2, 0.25) is 5.91 Å². The number of aromatic nitrogens is 1. The molecule has 0 bridgehead atoms. The van der Waals surface area contributed by atoms with E-state index < -0.39 is 11.9 Å². The summed E-state index contributed by atoms with van der Waals surface area (Å²) in [6.07, 6.45) is 4.22. The Kier molecular flexibility index (Phi) is 3.64. The Morgan fingerprint density at radius 3 is 2.86 bits per heavy atom. The van der Waals surface area contributed by atoms with Gasteiger partial charge in [0.05, 0.1) is 11.8 Å². The van der Waals surface area contributed by atoms with E-state index >= 15 is 0 Å². The van der Waals surface area contributed by atoms with E-state index in [1.807, 2.05) is 24.4 Å². The predicted molar refractivity (Wildman–Crippen MR) is 78.9 cm³/mol. The molecule has 1 saturated carbocycles. The van der Waals surface area contributed by atoms with Crippen molar-refractivity contribution in [2.24, 2.45) is 11.8 Å². The Bertz CT molecular complexity index is 677. The maximum atomic E-state index is 11.7. The molecule has 1 amide bonds. The summed E-state index contributed by atoms with van der Waals surface area (Å²) in [5.41, 5.74) is 2.37. The number of carbonyl (C=O) groups is 2. The second kappa shape index (κ2) is 5.60. The number of H-pyrrole nitrogens is 1. The van der Waals surface area contributed by atoms with Crippen molar-refractivity contribution in [3.05, 3.63) is 36.0 Å². The first-order chi connectivity index (χ1) is 10.2. The molecular weight excluding hydrogens is 268 g/mol. The third kappa shape index (κ3) is 2.91. The van der Waals surface area contributed by atoms with E-state index in [1.165, 1.54) is 10.9 Å². The average Bonchev–Trinajstić information content (AvgIpc) is 3.19. The van der Waals surface area contributed by atoms with Crippen LogP contribution in [0.4, 0.5) is 0 Å². The highest BCUT2D eigenvalue weighted by atomic mass is 16.4. The van der Waals surface area contributed by atoms with Crippen LogP contribution in [0.25, 0.3) is 10.9 Å². The van der Waals surface area contributed by atoms with Gasteiger partial charge in [0.1, 0.15) is 0 Å². The second-order valence-electron chi connectivity index (χ2n) is 5.54. The number of aromatic amines is 1. The maximum absolute atomic E-state index is 11.7. The van der Waals surface area contributed by atoms with Gasteiger partial charge in [0, 0.05) is 23.6 Å². The van der Waals surface area contributed by atoms with Crippen molar-refractivity contribution in [3.63, 3.8) is 0 Å². The van der Waals surface area contributed by atoms with E-state index in [0.717, 1.165) is 18.4 Å². The Labute approximate surface area is 122 Å². The van der Waals surface area contributed by atoms with Crippen molar-refractivity contribution in [2.45, 2.75) is 19.3 Å². The molecule has 3 N–H and O–H groups in total. The van der Waals surface area contributed by atoms with Gasteiger partial charge in [-0.3, -0.25) is 9.59 Å². The third-order valence-corrected chi connectivity index (χ3v) is 4.04. The lowest BCUT2D eigenvalue weighted by Gasteiger charge is -2.04. The van der Waals surface area contributed by atoms with Gasteiger partial charge >= 0.3 is 5.97 Å². The van der Waals surface area contributed by atoms with E-state index in [-0.39, 0.29) is 11.8 Å². The summed E-state index contributed by atoms with van der Waals surface area (Å²) in [5.74, 6) is -1.79. The number of aliphatic carboxylic acids is 1. The Balaban J connectivity index is 1.45. The number of nitrogens with one attached hydrogen (secondary N) is 2. The summed E-state index contributed by atoms with van der Waals surface area (Å²) >= 11 is 0. The molecule has 2 aromatic rings. The van der Waals surface area contributed by atoms with Crippen molar-refractivity contribution < 1.29 is 14.7 Å². The molecule has 0 saturated heterocycles. The molecule has 21 heavy (non-hydrogen) atoms.